The Kier molecular flexibility index (Phi) is 51.6. The van der Waals surface area contributed by atoms with E-state index >= 15 is 0 Å². The fourth-order valence-electron chi connectivity index (χ4n) is 6.79. The Morgan fingerprint density at radius 1 is 0.304 bits per heavy atom. The first-order valence-electron chi connectivity index (χ1n) is 27.1. The van der Waals surface area contributed by atoms with E-state index in [9.17, 15) is 14.4 Å². The number of ether oxygens (including phenoxy) is 3. The van der Waals surface area contributed by atoms with E-state index in [-0.39, 0.29) is 31.1 Å². The maximum Gasteiger partial charge on any atom is 0.306 e. The number of allylic oxidation sites excluding steroid dienone is 26. The maximum atomic E-state index is 12.8. The summed E-state index contributed by atoms with van der Waals surface area (Å²) in [6.07, 6.45) is 80.8. The standard InChI is InChI=1S/C63H96O6/c1-4-7-10-13-16-19-22-25-27-29-31-33-35-38-41-44-47-50-53-56-62(65)68-59-60(58-67-61(64)55-52-49-46-43-40-37-24-21-18-15-12-9-6-3)69-63(66)57-54-51-48-45-42-39-36-34-32-30-28-26-23-20-17-14-11-8-5-2/h7-13,15-22,24-29,31,33,35,38,41,60H,4-6,14,23,30,32,34,36-37,39-40,42-59H2,1-3H3/b10-7-,11-8-,12-9-,16-13-,18-15-,20-17-,22-19-,24-21-,27-25-,28-26-,31-29+,35-33-,41-38-. The quantitative estimate of drug-likeness (QED) is 0.0199. The van der Waals surface area contributed by atoms with Gasteiger partial charge in [0.15, 0.2) is 6.10 Å². The van der Waals surface area contributed by atoms with Crippen molar-refractivity contribution in [2.24, 2.45) is 0 Å². The smallest absolute Gasteiger partial charge is 0.306 e. The molecule has 0 saturated heterocycles. The Labute approximate surface area is 422 Å². The lowest BCUT2D eigenvalue weighted by Crippen LogP contribution is -2.30. The molecule has 0 aliphatic carbocycles. The molecule has 0 saturated carbocycles. The molecular weight excluding hydrogens is 853 g/mol. The second kappa shape index (κ2) is 55.6. The van der Waals surface area contributed by atoms with Crippen molar-refractivity contribution in [3.8, 4) is 0 Å². The van der Waals surface area contributed by atoms with E-state index in [1.54, 1.807) is 0 Å². The molecule has 0 aromatic carbocycles. The van der Waals surface area contributed by atoms with Gasteiger partial charge in [-0.05, 0) is 89.9 Å². The molecule has 0 aliphatic rings. The average Bonchev–Trinajstić information content (AvgIpc) is 3.35. The SMILES string of the molecule is CC\C=C/C=C\C=C/C=C\C=C\C=C/C=C\CCCCCC(=O)OCC(COC(=O)CCCCCCC\C=C/C=C\C=C/CC)OC(=O)CCCCCCCCCCC/C=C\C/C=C\C/C=C\CC. The van der Waals surface area contributed by atoms with E-state index in [1.165, 1.54) is 38.5 Å². The predicted molar refractivity (Wildman–Crippen MR) is 297 cm³/mol. The third kappa shape index (κ3) is 53.8. The fraction of sp³-hybridized carbons (Fsp3) is 0.540. The number of carbonyl (C=O) groups excluding carboxylic acids is 3. The van der Waals surface area contributed by atoms with E-state index < -0.39 is 6.10 Å². The summed E-state index contributed by atoms with van der Waals surface area (Å²) >= 11 is 0. The lowest BCUT2D eigenvalue weighted by molar-refractivity contribution is -0.167. The molecule has 384 valence electrons. The minimum atomic E-state index is -0.817. The number of hydrogen-bond donors (Lipinski definition) is 0. The number of carbonyl (C=O) groups is 3. The highest BCUT2D eigenvalue weighted by Crippen LogP contribution is 2.14. The van der Waals surface area contributed by atoms with Gasteiger partial charge in [-0.25, -0.2) is 0 Å². The summed E-state index contributed by atoms with van der Waals surface area (Å²) < 4.78 is 16.8. The molecule has 0 N–H and O–H groups in total. The molecule has 0 aromatic heterocycles. The third-order valence-corrected chi connectivity index (χ3v) is 10.8. The first kappa shape index (κ1) is 64.0. The van der Waals surface area contributed by atoms with Gasteiger partial charge in [-0.3, -0.25) is 14.4 Å². The van der Waals surface area contributed by atoms with Gasteiger partial charge < -0.3 is 14.2 Å². The molecule has 69 heavy (non-hydrogen) atoms. The summed E-state index contributed by atoms with van der Waals surface area (Å²) in [5.74, 6) is -0.995. The van der Waals surface area contributed by atoms with Crippen molar-refractivity contribution in [3.05, 3.63) is 158 Å². The van der Waals surface area contributed by atoms with Crippen molar-refractivity contribution in [1.82, 2.24) is 0 Å². The molecule has 0 aromatic rings. The van der Waals surface area contributed by atoms with Crippen molar-refractivity contribution in [3.63, 3.8) is 0 Å². The highest BCUT2D eigenvalue weighted by atomic mass is 16.6. The minimum absolute atomic E-state index is 0.114. The van der Waals surface area contributed by atoms with Crippen LogP contribution in [0.1, 0.15) is 201 Å². The summed E-state index contributed by atoms with van der Waals surface area (Å²) in [7, 11) is 0. The molecule has 0 bridgehead atoms. The monoisotopic (exact) mass is 949 g/mol. The fourth-order valence-corrected chi connectivity index (χ4v) is 6.79. The van der Waals surface area contributed by atoms with Crippen molar-refractivity contribution >= 4 is 17.9 Å². The number of esters is 3. The molecule has 0 aliphatic heterocycles. The molecule has 1 atom stereocenters. The zero-order valence-corrected chi connectivity index (χ0v) is 43.8. The summed E-state index contributed by atoms with van der Waals surface area (Å²) in [6, 6.07) is 0. The summed E-state index contributed by atoms with van der Waals surface area (Å²) in [5, 5.41) is 0. The van der Waals surface area contributed by atoms with Crippen LogP contribution in [0.15, 0.2) is 158 Å². The topological polar surface area (TPSA) is 78.9 Å². The summed E-state index contributed by atoms with van der Waals surface area (Å²) in [4.78, 5) is 38.1. The molecule has 0 fully saturated rings. The van der Waals surface area contributed by atoms with Gasteiger partial charge >= 0.3 is 17.9 Å². The third-order valence-electron chi connectivity index (χ3n) is 10.8. The van der Waals surface area contributed by atoms with Gasteiger partial charge in [0, 0.05) is 19.3 Å². The molecule has 0 radical (unpaired) electrons. The maximum absolute atomic E-state index is 12.8. The molecule has 6 heteroatoms. The molecule has 0 heterocycles. The van der Waals surface area contributed by atoms with Gasteiger partial charge in [-0.1, -0.05) is 249 Å². The number of unbranched alkanes of at least 4 members (excludes halogenated alkanes) is 17. The van der Waals surface area contributed by atoms with E-state index in [4.69, 9.17) is 14.2 Å². The molecule has 0 amide bonds. The molecule has 1 unspecified atom stereocenters. The van der Waals surface area contributed by atoms with Crippen LogP contribution < -0.4 is 0 Å². The molecular formula is C63H96O6. The largest absolute Gasteiger partial charge is 0.462 e. The Morgan fingerprint density at radius 3 is 1.00 bits per heavy atom. The van der Waals surface area contributed by atoms with Crippen LogP contribution in [-0.4, -0.2) is 37.2 Å². The van der Waals surface area contributed by atoms with Crippen LogP contribution in [0.4, 0.5) is 0 Å². The van der Waals surface area contributed by atoms with Crippen LogP contribution in [0.5, 0.6) is 0 Å². The predicted octanol–water partition coefficient (Wildman–Crippen LogP) is 18.2. The van der Waals surface area contributed by atoms with Crippen LogP contribution in [0.25, 0.3) is 0 Å². The van der Waals surface area contributed by atoms with Crippen LogP contribution >= 0.6 is 0 Å². The zero-order valence-electron chi connectivity index (χ0n) is 43.8. The Hall–Kier alpha value is -4.97. The summed E-state index contributed by atoms with van der Waals surface area (Å²) in [5.41, 5.74) is 0. The lowest BCUT2D eigenvalue weighted by Gasteiger charge is -2.18. The average molecular weight is 949 g/mol. The van der Waals surface area contributed by atoms with Gasteiger partial charge in [-0.15, -0.1) is 0 Å². The molecule has 0 spiro atoms. The van der Waals surface area contributed by atoms with Crippen molar-refractivity contribution in [2.75, 3.05) is 13.2 Å². The minimum Gasteiger partial charge on any atom is -0.462 e. The van der Waals surface area contributed by atoms with Crippen LogP contribution in [0, 0.1) is 0 Å². The Bertz CT molecular complexity index is 1610. The van der Waals surface area contributed by atoms with Gasteiger partial charge in [0.2, 0.25) is 0 Å². The van der Waals surface area contributed by atoms with Gasteiger partial charge in [0.25, 0.3) is 0 Å². The summed E-state index contributed by atoms with van der Waals surface area (Å²) in [6.45, 7) is 6.17. The van der Waals surface area contributed by atoms with E-state index in [2.05, 4.69) is 106 Å². The van der Waals surface area contributed by atoms with E-state index in [0.29, 0.717) is 19.3 Å². The number of rotatable bonds is 46. The first-order chi connectivity index (χ1) is 34.0. The van der Waals surface area contributed by atoms with Crippen LogP contribution in [-0.2, 0) is 28.6 Å². The van der Waals surface area contributed by atoms with Gasteiger partial charge in [0.05, 0.1) is 0 Å². The van der Waals surface area contributed by atoms with E-state index in [0.717, 1.165) is 122 Å². The van der Waals surface area contributed by atoms with Crippen molar-refractivity contribution in [1.29, 1.82) is 0 Å². The lowest BCUT2D eigenvalue weighted by atomic mass is 10.1. The highest BCUT2D eigenvalue weighted by Gasteiger charge is 2.19. The van der Waals surface area contributed by atoms with Crippen molar-refractivity contribution < 1.29 is 28.6 Å². The zero-order chi connectivity index (χ0) is 50.0. The van der Waals surface area contributed by atoms with Crippen LogP contribution in [0.3, 0.4) is 0 Å². The Morgan fingerprint density at radius 2 is 0.594 bits per heavy atom. The molecule has 6 nitrogen and oxygen atoms in total. The second-order valence-electron chi connectivity index (χ2n) is 17.2. The second-order valence-corrected chi connectivity index (χ2v) is 17.2. The van der Waals surface area contributed by atoms with Crippen LogP contribution in [0.2, 0.25) is 0 Å². The normalized spacial score (nSPS) is 13.4. The highest BCUT2D eigenvalue weighted by molar-refractivity contribution is 5.71. The Balaban J connectivity index is 4.54. The van der Waals surface area contributed by atoms with Crippen molar-refractivity contribution in [2.45, 2.75) is 207 Å². The molecule has 0 rings (SSSR count). The first-order valence-corrected chi connectivity index (χ1v) is 27.1. The van der Waals surface area contributed by atoms with Gasteiger partial charge in [0.1, 0.15) is 13.2 Å². The number of hydrogen-bond acceptors (Lipinski definition) is 6. The van der Waals surface area contributed by atoms with Gasteiger partial charge in [-0.2, -0.15) is 0 Å². The van der Waals surface area contributed by atoms with E-state index in [1.807, 2.05) is 72.9 Å².